The maximum Gasteiger partial charge on any atom is 0.308 e. The SMILES string of the molecule is COc1cccc(CC(C(=O)N(C)CC(C)C(=O)O)n2nnnc2C)c1. The molecule has 9 heteroatoms. The topological polar surface area (TPSA) is 110 Å². The second-order valence-electron chi connectivity index (χ2n) is 6.20. The molecular weight excluding hydrogens is 338 g/mol. The van der Waals surface area contributed by atoms with Crippen LogP contribution >= 0.6 is 0 Å². The third-order valence-corrected chi connectivity index (χ3v) is 4.15. The van der Waals surface area contributed by atoms with Gasteiger partial charge in [0.15, 0.2) is 0 Å². The van der Waals surface area contributed by atoms with E-state index in [0.717, 1.165) is 5.56 Å². The van der Waals surface area contributed by atoms with Crippen molar-refractivity contribution in [3.63, 3.8) is 0 Å². The van der Waals surface area contributed by atoms with E-state index in [1.54, 1.807) is 28.0 Å². The van der Waals surface area contributed by atoms with Gasteiger partial charge in [-0.15, -0.1) is 5.10 Å². The lowest BCUT2D eigenvalue weighted by molar-refractivity contribution is -0.143. The number of carbonyl (C=O) groups is 2. The van der Waals surface area contributed by atoms with Crippen LogP contribution in [0.4, 0.5) is 0 Å². The molecule has 0 fully saturated rings. The number of ether oxygens (including phenoxy) is 1. The minimum atomic E-state index is -0.951. The van der Waals surface area contributed by atoms with Crippen molar-refractivity contribution in [2.24, 2.45) is 5.92 Å². The number of aliphatic carboxylic acids is 1. The Hall–Kier alpha value is -2.97. The fourth-order valence-electron chi connectivity index (χ4n) is 2.66. The molecule has 1 amide bonds. The number of amides is 1. The van der Waals surface area contributed by atoms with Crippen LogP contribution in [0.1, 0.15) is 24.4 Å². The van der Waals surface area contributed by atoms with E-state index in [4.69, 9.17) is 9.84 Å². The molecule has 1 aromatic carbocycles. The molecule has 2 rings (SSSR count). The molecule has 1 N–H and O–H groups in total. The van der Waals surface area contributed by atoms with Crippen molar-refractivity contribution >= 4 is 11.9 Å². The van der Waals surface area contributed by atoms with Crippen LogP contribution in [0.5, 0.6) is 5.75 Å². The van der Waals surface area contributed by atoms with Crippen LogP contribution in [0, 0.1) is 12.8 Å². The molecule has 140 valence electrons. The first-order valence-corrected chi connectivity index (χ1v) is 8.18. The monoisotopic (exact) mass is 361 g/mol. The molecule has 2 aromatic rings. The standard InChI is InChI=1S/C17H23N5O4/c1-11(17(24)25)10-21(3)16(23)15(22-12(2)18-19-20-22)9-13-6-5-7-14(8-13)26-4/h5-8,11,15H,9-10H2,1-4H3,(H,24,25). The number of aryl methyl sites for hydroxylation is 1. The van der Waals surface area contributed by atoms with E-state index in [1.807, 2.05) is 24.3 Å². The van der Waals surface area contributed by atoms with Crippen molar-refractivity contribution in [3.05, 3.63) is 35.7 Å². The molecule has 9 nitrogen and oxygen atoms in total. The van der Waals surface area contributed by atoms with Gasteiger partial charge in [0, 0.05) is 20.0 Å². The molecule has 0 bridgehead atoms. The Morgan fingerprint density at radius 3 is 2.69 bits per heavy atom. The Bertz CT molecular complexity index is 776. The van der Waals surface area contributed by atoms with Crippen molar-refractivity contribution in [1.29, 1.82) is 0 Å². The molecule has 2 unspecified atom stereocenters. The van der Waals surface area contributed by atoms with Gasteiger partial charge < -0.3 is 14.7 Å². The predicted molar refractivity (Wildman–Crippen MR) is 92.7 cm³/mol. The number of rotatable bonds is 8. The first kappa shape index (κ1) is 19.4. The number of tetrazole rings is 1. The van der Waals surface area contributed by atoms with E-state index in [2.05, 4.69) is 15.5 Å². The average molecular weight is 361 g/mol. The van der Waals surface area contributed by atoms with E-state index >= 15 is 0 Å². The Morgan fingerprint density at radius 2 is 2.12 bits per heavy atom. The maximum atomic E-state index is 13.0. The van der Waals surface area contributed by atoms with Gasteiger partial charge in [-0.2, -0.15) is 0 Å². The van der Waals surface area contributed by atoms with Gasteiger partial charge in [-0.05, 0) is 35.0 Å². The van der Waals surface area contributed by atoms with Crippen molar-refractivity contribution in [3.8, 4) is 5.75 Å². The van der Waals surface area contributed by atoms with E-state index in [-0.39, 0.29) is 12.5 Å². The zero-order valence-electron chi connectivity index (χ0n) is 15.3. The fourth-order valence-corrected chi connectivity index (χ4v) is 2.66. The van der Waals surface area contributed by atoms with Gasteiger partial charge in [0.1, 0.15) is 17.6 Å². The molecular formula is C17H23N5O4. The summed E-state index contributed by atoms with van der Waals surface area (Å²) < 4.78 is 6.69. The number of aromatic nitrogens is 4. The summed E-state index contributed by atoms with van der Waals surface area (Å²) in [5.41, 5.74) is 0.886. The summed E-state index contributed by atoms with van der Waals surface area (Å²) >= 11 is 0. The summed E-state index contributed by atoms with van der Waals surface area (Å²) in [4.78, 5) is 25.5. The van der Waals surface area contributed by atoms with Crippen molar-refractivity contribution in [1.82, 2.24) is 25.1 Å². The Balaban J connectivity index is 2.28. The minimum Gasteiger partial charge on any atom is -0.497 e. The van der Waals surface area contributed by atoms with Gasteiger partial charge in [0.25, 0.3) is 0 Å². The second kappa shape index (κ2) is 8.41. The lowest BCUT2D eigenvalue weighted by atomic mass is 10.0. The van der Waals surface area contributed by atoms with E-state index < -0.39 is 17.9 Å². The number of hydrogen-bond acceptors (Lipinski definition) is 6. The minimum absolute atomic E-state index is 0.101. The number of nitrogens with zero attached hydrogens (tertiary/aromatic N) is 5. The molecule has 0 saturated carbocycles. The lowest BCUT2D eigenvalue weighted by Gasteiger charge is -2.25. The summed E-state index contributed by atoms with van der Waals surface area (Å²) in [5, 5.41) is 20.5. The zero-order valence-corrected chi connectivity index (χ0v) is 15.3. The molecule has 26 heavy (non-hydrogen) atoms. The van der Waals surface area contributed by atoms with Crippen molar-refractivity contribution < 1.29 is 19.4 Å². The number of methoxy groups -OCH3 is 1. The Kier molecular flexibility index (Phi) is 6.26. The van der Waals surface area contributed by atoms with Crippen LogP contribution < -0.4 is 4.74 Å². The molecule has 0 aliphatic rings. The van der Waals surface area contributed by atoms with Crippen LogP contribution in [0.3, 0.4) is 0 Å². The Labute approximate surface area is 151 Å². The highest BCUT2D eigenvalue weighted by molar-refractivity contribution is 5.81. The molecule has 1 heterocycles. The number of likely N-dealkylation sites (N-methyl/N-ethyl adjacent to an activating group) is 1. The quantitative estimate of drug-likeness (QED) is 0.745. The third kappa shape index (κ3) is 4.56. The van der Waals surface area contributed by atoms with Crippen LogP contribution in [0.25, 0.3) is 0 Å². The first-order chi connectivity index (χ1) is 12.3. The first-order valence-electron chi connectivity index (χ1n) is 8.18. The average Bonchev–Trinajstić information content (AvgIpc) is 3.04. The van der Waals surface area contributed by atoms with Gasteiger partial charge in [-0.1, -0.05) is 19.1 Å². The number of carboxylic acid groups (broad SMARTS) is 1. The van der Waals surface area contributed by atoms with Crippen molar-refractivity contribution in [2.45, 2.75) is 26.3 Å². The van der Waals surface area contributed by atoms with Gasteiger partial charge in [-0.3, -0.25) is 9.59 Å². The van der Waals surface area contributed by atoms with Crippen molar-refractivity contribution in [2.75, 3.05) is 20.7 Å². The van der Waals surface area contributed by atoms with Gasteiger partial charge in [-0.25, -0.2) is 4.68 Å². The van der Waals surface area contributed by atoms with Crippen LogP contribution in [-0.4, -0.2) is 62.8 Å². The normalized spacial score (nSPS) is 13.1. The summed E-state index contributed by atoms with van der Waals surface area (Å²) in [6.07, 6.45) is 0.355. The predicted octanol–water partition coefficient (Wildman–Crippen LogP) is 0.953. The van der Waals surface area contributed by atoms with Gasteiger partial charge in [0.05, 0.1) is 13.0 Å². The number of benzene rings is 1. The zero-order chi connectivity index (χ0) is 19.3. The molecule has 0 radical (unpaired) electrons. The largest absolute Gasteiger partial charge is 0.497 e. The highest BCUT2D eigenvalue weighted by Gasteiger charge is 2.28. The smallest absolute Gasteiger partial charge is 0.308 e. The fraction of sp³-hybridized carbons (Fsp3) is 0.471. The third-order valence-electron chi connectivity index (χ3n) is 4.15. The molecule has 0 spiro atoms. The van der Waals surface area contributed by atoms with Gasteiger partial charge >= 0.3 is 5.97 Å². The number of carbonyl (C=O) groups excluding carboxylic acids is 1. The maximum absolute atomic E-state index is 13.0. The summed E-state index contributed by atoms with van der Waals surface area (Å²) in [6, 6.07) is 6.73. The number of hydrogen-bond donors (Lipinski definition) is 1. The molecule has 1 aromatic heterocycles. The highest BCUT2D eigenvalue weighted by Crippen LogP contribution is 2.21. The van der Waals surface area contributed by atoms with E-state index in [0.29, 0.717) is 18.0 Å². The second-order valence-corrected chi connectivity index (χ2v) is 6.20. The van der Waals surface area contributed by atoms with Gasteiger partial charge in [0.2, 0.25) is 5.91 Å². The summed E-state index contributed by atoms with van der Waals surface area (Å²) in [6.45, 7) is 3.38. The number of carboxylic acids is 1. The van der Waals surface area contributed by atoms with Crippen LogP contribution in [-0.2, 0) is 16.0 Å². The molecule has 2 atom stereocenters. The van der Waals surface area contributed by atoms with Crippen LogP contribution in [0.2, 0.25) is 0 Å². The van der Waals surface area contributed by atoms with E-state index in [1.165, 1.54) is 9.58 Å². The Morgan fingerprint density at radius 1 is 1.38 bits per heavy atom. The molecule has 0 aliphatic heterocycles. The summed E-state index contributed by atoms with van der Waals surface area (Å²) in [5.74, 6) is -0.679. The molecule has 0 aliphatic carbocycles. The highest BCUT2D eigenvalue weighted by atomic mass is 16.5. The lowest BCUT2D eigenvalue weighted by Crippen LogP contribution is -2.40. The summed E-state index contributed by atoms with van der Waals surface area (Å²) in [7, 11) is 3.16. The van der Waals surface area contributed by atoms with E-state index in [9.17, 15) is 9.59 Å². The van der Waals surface area contributed by atoms with Crippen LogP contribution in [0.15, 0.2) is 24.3 Å². The molecule has 0 saturated heterocycles.